The number of nitrogens with zero attached hydrogens (tertiary/aromatic N) is 3. The molecule has 0 atom stereocenters. The molecule has 1 aliphatic rings. The van der Waals surface area contributed by atoms with Crippen LogP contribution in [0.2, 0.25) is 5.02 Å². The lowest BCUT2D eigenvalue weighted by Gasteiger charge is -2.28. The van der Waals surface area contributed by atoms with Crippen LogP contribution in [0, 0.1) is 0 Å². The summed E-state index contributed by atoms with van der Waals surface area (Å²) in [6.07, 6.45) is 0.947. The van der Waals surface area contributed by atoms with Gasteiger partial charge in [0.05, 0.1) is 6.54 Å². The Morgan fingerprint density at radius 1 is 1.42 bits per heavy atom. The number of benzene rings is 1. The number of hydrogen-bond acceptors (Lipinski definition) is 3. The van der Waals surface area contributed by atoms with Crippen molar-refractivity contribution in [1.82, 2.24) is 15.1 Å². The minimum absolute atomic E-state index is 0.0964. The molecule has 5 nitrogen and oxygen atoms in total. The van der Waals surface area contributed by atoms with Gasteiger partial charge in [-0.2, -0.15) is 0 Å². The Morgan fingerprint density at radius 2 is 2.27 bits per heavy atom. The summed E-state index contributed by atoms with van der Waals surface area (Å²) in [4.78, 5) is 22.1. The van der Waals surface area contributed by atoms with Crippen molar-refractivity contribution in [2.24, 2.45) is 4.99 Å². The Bertz CT molecular complexity index is 804. The summed E-state index contributed by atoms with van der Waals surface area (Å²) in [5.41, 5.74) is 2.37. The molecule has 0 unspecified atom stereocenters. The fourth-order valence-electron chi connectivity index (χ4n) is 3.10. The van der Waals surface area contributed by atoms with Gasteiger partial charge >= 0.3 is 0 Å². The smallest absolute Gasteiger partial charge is 0.242 e. The SMILES string of the molecule is CN=C(NCC(=O)N1CCc2sccc2C1)N(C)Cc1cccc(Cl)c1. The van der Waals surface area contributed by atoms with E-state index in [-0.39, 0.29) is 12.5 Å². The van der Waals surface area contributed by atoms with Crippen LogP contribution >= 0.6 is 22.9 Å². The topological polar surface area (TPSA) is 47.9 Å². The van der Waals surface area contributed by atoms with Crippen molar-refractivity contribution in [2.45, 2.75) is 19.5 Å². The first kappa shape index (κ1) is 18.7. The Hall–Kier alpha value is -2.05. The molecule has 138 valence electrons. The Morgan fingerprint density at radius 3 is 3.04 bits per heavy atom. The fraction of sp³-hybridized carbons (Fsp3) is 0.368. The van der Waals surface area contributed by atoms with Gasteiger partial charge in [-0.1, -0.05) is 23.7 Å². The lowest BCUT2D eigenvalue weighted by molar-refractivity contribution is -0.130. The van der Waals surface area contributed by atoms with Crippen molar-refractivity contribution >= 4 is 34.8 Å². The monoisotopic (exact) mass is 390 g/mol. The lowest BCUT2D eigenvalue weighted by Crippen LogP contribution is -2.46. The predicted molar refractivity (Wildman–Crippen MR) is 108 cm³/mol. The van der Waals surface area contributed by atoms with Gasteiger partial charge < -0.3 is 15.1 Å². The first-order valence-corrected chi connectivity index (χ1v) is 9.82. The molecule has 0 radical (unpaired) electrons. The van der Waals surface area contributed by atoms with Crippen LogP contribution in [0.15, 0.2) is 40.7 Å². The van der Waals surface area contributed by atoms with E-state index in [1.165, 1.54) is 10.4 Å². The third kappa shape index (κ3) is 4.56. The van der Waals surface area contributed by atoms with E-state index in [0.717, 1.165) is 18.5 Å². The maximum absolute atomic E-state index is 12.6. The van der Waals surface area contributed by atoms with E-state index in [1.807, 2.05) is 41.1 Å². The molecule has 0 saturated carbocycles. The molecular formula is C19H23ClN4OS. The van der Waals surface area contributed by atoms with Gasteiger partial charge in [-0.25, -0.2) is 0 Å². The second kappa shape index (κ2) is 8.56. The van der Waals surface area contributed by atoms with Crippen molar-refractivity contribution in [3.63, 3.8) is 0 Å². The Kier molecular flexibility index (Phi) is 6.16. The molecular weight excluding hydrogens is 368 g/mol. The summed E-state index contributed by atoms with van der Waals surface area (Å²) in [5, 5.41) is 5.99. The van der Waals surface area contributed by atoms with Crippen molar-refractivity contribution in [2.75, 3.05) is 27.2 Å². The number of halogens is 1. The second-order valence-electron chi connectivity index (χ2n) is 6.32. The minimum atomic E-state index is 0.0964. The molecule has 0 bridgehead atoms. The normalized spacial score (nSPS) is 14.1. The molecule has 26 heavy (non-hydrogen) atoms. The van der Waals surface area contributed by atoms with Crippen molar-refractivity contribution in [3.05, 3.63) is 56.7 Å². The quantitative estimate of drug-likeness (QED) is 0.645. The number of fused-ring (bicyclic) bond motifs is 1. The summed E-state index contributed by atoms with van der Waals surface area (Å²) in [6.45, 7) is 2.39. The van der Waals surface area contributed by atoms with E-state index >= 15 is 0 Å². The molecule has 1 amide bonds. The van der Waals surface area contributed by atoms with Crippen LogP contribution in [0.25, 0.3) is 0 Å². The third-order valence-electron chi connectivity index (χ3n) is 4.44. The average Bonchev–Trinajstić information content (AvgIpc) is 3.09. The zero-order valence-electron chi connectivity index (χ0n) is 15.0. The number of carbonyl (C=O) groups excluding carboxylic acids is 1. The molecule has 2 aromatic rings. The van der Waals surface area contributed by atoms with Crippen LogP contribution in [-0.2, 0) is 24.3 Å². The van der Waals surface area contributed by atoms with Crippen molar-refractivity contribution in [3.8, 4) is 0 Å². The van der Waals surface area contributed by atoms with Crippen LogP contribution in [0.3, 0.4) is 0 Å². The average molecular weight is 391 g/mol. The molecule has 0 saturated heterocycles. The van der Waals surface area contributed by atoms with Crippen LogP contribution in [0.1, 0.15) is 16.0 Å². The number of hydrogen-bond donors (Lipinski definition) is 1. The largest absolute Gasteiger partial charge is 0.347 e. The van der Waals surface area contributed by atoms with E-state index in [0.29, 0.717) is 24.1 Å². The van der Waals surface area contributed by atoms with Gasteiger partial charge in [0.2, 0.25) is 5.91 Å². The Labute approximate surface area is 163 Å². The number of amides is 1. The van der Waals surface area contributed by atoms with E-state index < -0.39 is 0 Å². The molecule has 7 heteroatoms. The summed E-state index contributed by atoms with van der Waals surface area (Å²) in [6, 6.07) is 9.86. The predicted octanol–water partition coefficient (Wildman–Crippen LogP) is 2.99. The number of aliphatic imine (C=N–C) groups is 1. The number of rotatable bonds is 4. The van der Waals surface area contributed by atoms with E-state index in [4.69, 9.17) is 11.6 Å². The fourth-order valence-corrected chi connectivity index (χ4v) is 4.20. The van der Waals surface area contributed by atoms with Crippen molar-refractivity contribution in [1.29, 1.82) is 0 Å². The molecule has 1 N–H and O–H groups in total. The van der Waals surface area contributed by atoms with Gasteiger partial charge in [0.1, 0.15) is 0 Å². The van der Waals surface area contributed by atoms with Gasteiger partial charge in [-0.3, -0.25) is 9.79 Å². The molecule has 1 aromatic carbocycles. The highest BCUT2D eigenvalue weighted by Gasteiger charge is 2.21. The standard InChI is InChI=1S/C19H23ClN4OS/c1-21-19(23(2)12-14-4-3-5-16(20)10-14)22-11-18(25)24-8-6-17-15(13-24)7-9-26-17/h3-5,7,9-10H,6,8,11-13H2,1-2H3,(H,21,22). The molecule has 0 fully saturated rings. The lowest BCUT2D eigenvalue weighted by atomic mass is 10.1. The number of nitrogens with one attached hydrogen (secondary N) is 1. The zero-order chi connectivity index (χ0) is 18.5. The summed E-state index contributed by atoms with van der Waals surface area (Å²) >= 11 is 7.82. The zero-order valence-corrected chi connectivity index (χ0v) is 16.6. The van der Waals surface area contributed by atoms with Crippen molar-refractivity contribution < 1.29 is 4.79 Å². The number of guanidine groups is 1. The van der Waals surface area contributed by atoms with E-state index in [1.54, 1.807) is 18.4 Å². The molecule has 1 aromatic heterocycles. The van der Waals surface area contributed by atoms with Crippen LogP contribution in [-0.4, -0.2) is 48.9 Å². The molecule has 2 heterocycles. The summed E-state index contributed by atoms with van der Waals surface area (Å²) < 4.78 is 0. The van der Waals surface area contributed by atoms with Gasteiger partial charge in [-0.15, -0.1) is 11.3 Å². The maximum Gasteiger partial charge on any atom is 0.242 e. The molecule has 0 spiro atoms. The summed E-state index contributed by atoms with van der Waals surface area (Å²) in [5.74, 6) is 0.783. The van der Waals surface area contributed by atoms with Gasteiger partial charge in [0.15, 0.2) is 5.96 Å². The molecule has 0 aliphatic carbocycles. The van der Waals surface area contributed by atoms with Crippen LogP contribution in [0.5, 0.6) is 0 Å². The highest BCUT2D eigenvalue weighted by atomic mass is 35.5. The number of carbonyl (C=O) groups is 1. The first-order chi connectivity index (χ1) is 12.6. The van der Waals surface area contributed by atoms with Gasteiger partial charge in [-0.05, 0) is 41.1 Å². The first-order valence-electron chi connectivity index (χ1n) is 8.56. The summed E-state index contributed by atoms with van der Waals surface area (Å²) in [7, 11) is 3.67. The third-order valence-corrected chi connectivity index (χ3v) is 5.70. The molecule has 3 rings (SSSR count). The maximum atomic E-state index is 12.6. The second-order valence-corrected chi connectivity index (χ2v) is 7.76. The highest BCUT2D eigenvalue weighted by Crippen LogP contribution is 2.23. The molecule has 1 aliphatic heterocycles. The van der Waals surface area contributed by atoms with E-state index in [2.05, 4.69) is 21.8 Å². The number of thiophene rings is 1. The van der Waals surface area contributed by atoms with Gasteiger partial charge in [0.25, 0.3) is 0 Å². The van der Waals surface area contributed by atoms with E-state index in [9.17, 15) is 4.79 Å². The van der Waals surface area contributed by atoms with Crippen LogP contribution in [0.4, 0.5) is 0 Å². The van der Waals surface area contributed by atoms with Gasteiger partial charge in [0, 0.05) is 43.6 Å². The highest BCUT2D eigenvalue weighted by molar-refractivity contribution is 7.10. The minimum Gasteiger partial charge on any atom is -0.347 e. The van der Waals surface area contributed by atoms with Crippen LogP contribution < -0.4 is 5.32 Å². The Balaban J connectivity index is 1.53.